The van der Waals surface area contributed by atoms with Crippen LogP contribution in [0, 0.1) is 11.8 Å². The van der Waals surface area contributed by atoms with Gasteiger partial charge in [-0.15, -0.1) is 0 Å². The van der Waals surface area contributed by atoms with E-state index in [1.807, 2.05) is 31.2 Å². The molecule has 3 atom stereocenters. The molecule has 1 saturated heterocycles. The van der Waals surface area contributed by atoms with E-state index in [0.29, 0.717) is 31.7 Å². The van der Waals surface area contributed by atoms with Crippen LogP contribution in [0.2, 0.25) is 0 Å². The van der Waals surface area contributed by atoms with Gasteiger partial charge in [0.25, 0.3) is 0 Å². The number of hydrogen-bond donors (Lipinski definition) is 2. The molecule has 5 rings (SSSR count). The van der Waals surface area contributed by atoms with Crippen molar-refractivity contribution < 1.29 is 24.2 Å². The average Bonchev–Trinajstić information content (AvgIpc) is 3.62. The Morgan fingerprint density at radius 2 is 1.66 bits per heavy atom. The molecule has 0 bridgehead atoms. The predicted molar refractivity (Wildman–Crippen MR) is 131 cm³/mol. The first-order chi connectivity index (χ1) is 16.9. The van der Waals surface area contributed by atoms with Gasteiger partial charge in [0, 0.05) is 18.5 Å². The van der Waals surface area contributed by atoms with E-state index in [1.165, 1.54) is 0 Å². The Labute approximate surface area is 205 Å². The standard InChI is InChI=1S/C28H32N2O5/c1-17-14-19(27(32)33)12-13-30(17)26(31)25(15-18-10-11-18)29-28(34)35-16-24-22-8-4-2-6-20(22)21-7-3-5-9-23(21)24/h2-9,17-19,24-25H,10-16H2,1H3,(H,29,34)(H,32,33). The SMILES string of the molecule is CC1CC(C(=O)O)CCN1C(=O)C(CC1CC1)NC(=O)OCC1c2ccccc2-c2ccccc21. The molecule has 3 aliphatic rings. The summed E-state index contributed by atoms with van der Waals surface area (Å²) < 4.78 is 5.69. The Bertz CT molecular complexity index is 1080. The molecule has 1 heterocycles. The van der Waals surface area contributed by atoms with Crippen LogP contribution in [0.4, 0.5) is 4.79 Å². The number of ether oxygens (including phenoxy) is 1. The number of benzene rings is 2. The lowest BCUT2D eigenvalue weighted by Crippen LogP contribution is -2.54. The fourth-order valence-electron chi connectivity index (χ4n) is 5.61. The summed E-state index contributed by atoms with van der Waals surface area (Å²) in [6.07, 6.45) is 3.00. The molecule has 2 aliphatic carbocycles. The number of carbonyl (C=O) groups is 3. The molecular weight excluding hydrogens is 444 g/mol. The minimum Gasteiger partial charge on any atom is -0.481 e. The molecular formula is C28H32N2O5. The van der Waals surface area contributed by atoms with Gasteiger partial charge in [-0.25, -0.2) is 4.79 Å². The van der Waals surface area contributed by atoms with Crippen LogP contribution in [-0.4, -0.2) is 53.2 Å². The van der Waals surface area contributed by atoms with Crippen molar-refractivity contribution in [3.63, 3.8) is 0 Å². The lowest BCUT2D eigenvalue weighted by molar-refractivity contribution is -0.148. The van der Waals surface area contributed by atoms with E-state index >= 15 is 0 Å². The summed E-state index contributed by atoms with van der Waals surface area (Å²) in [4.78, 5) is 39.3. The lowest BCUT2D eigenvalue weighted by atomic mass is 9.91. The average molecular weight is 477 g/mol. The van der Waals surface area contributed by atoms with Gasteiger partial charge in [0.2, 0.25) is 5.91 Å². The molecule has 1 saturated carbocycles. The van der Waals surface area contributed by atoms with E-state index in [1.54, 1.807) is 4.90 Å². The summed E-state index contributed by atoms with van der Waals surface area (Å²) in [5.41, 5.74) is 4.61. The summed E-state index contributed by atoms with van der Waals surface area (Å²) in [6, 6.07) is 15.5. The van der Waals surface area contributed by atoms with Gasteiger partial charge >= 0.3 is 12.1 Å². The van der Waals surface area contributed by atoms with E-state index in [-0.39, 0.29) is 24.5 Å². The first-order valence-corrected chi connectivity index (χ1v) is 12.6. The second-order valence-electron chi connectivity index (χ2n) is 10.1. The van der Waals surface area contributed by atoms with Gasteiger partial charge < -0.3 is 20.1 Å². The number of nitrogens with zero attached hydrogens (tertiary/aromatic N) is 1. The highest BCUT2D eigenvalue weighted by atomic mass is 16.5. The van der Waals surface area contributed by atoms with Gasteiger partial charge in [-0.3, -0.25) is 9.59 Å². The van der Waals surface area contributed by atoms with Crippen LogP contribution in [-0.2, 0) is 14.3 Å². The van der Waals surface area contributed by atoms with Crippen LogP contribution in [0.1, 0.15) is 56.1 Å². The maximum Gasteiger partial charge on any atom is 0.407 e. The van der Waals surface area contributed by atoms with E-state index in [9.17, 15) is 19.5 Å². The zero-order valence-corrected chi connectivity index (χ0v) is 20.0. The monoisotopic (exact) mass is 476 g/mol. The maximum absolute atomic E-state index is 13.4. The molecule has 7 heteroatoms. The Balaban J connectivity index is 1.24. The van der Waals surface area contributed by atoms with E-state index in [2.05, 4.69) is 29.6 Å². The second-order valence-corrected chi connectivity index (χ2v) is 10.1. The summed E-state index contributed by atoms with van der Waals surface area (Å²) >= 11 is 0. The molecule has 0 spiro atoms. The number of amides is 2. The van der Waals surface area contributed by atoms with Gasteiger partial charge in [-0.2, -0.15) is 0 Å². The van der Waals surface area contributed by atoms with Crippen molar-refractivity contribution in [1.82, 2.24) is 10.2 Å². The molecule has 2 fully saturated rings. The number of rotatable bonds is 7. The Morgan fingerprint density at radius 1 is 1.03 bits per heavy atom. The van der Waals surface area contributed by atoms with Crippen LogP contribution in [0.5, 0.6) is 0 Å². The molecule has 35 heavy (non-hydrogen) atoms. The first kappa shape index (κ1) is 23.4. The van der Waals surface area contributed by atoms with Crippen molar-refractivity contribution in [2.24, 2.45) is 11.8 Å². The van der Waals surface area contributed by atoms with Crippen molar-refractivity contribution in [1.29, 1.82) is 0 Å². The van der Waals surface area contributed by atoms with Crippen LogP contribution in [0.3, 0.4) is 0 Å². The normalized spacial score (nSPS) is 22.1. The molecule has 0 radical (unpaired) electrons. The van der Waals surface area contributed by atoms with Crippen LogP contribution in [0.25, 0.3) is 11.1 Å². The molecule has 2 amide bonds. The van der Waals surface area contributed by atoms with Crippen LogP contribution >= 0.6 is 0 Å². The third-order valence-electron chi connectivity index (χ3n) is 7.71. The topological polar surface area (TPSA) is 95.9 Å². The highest BCUT2D eigenvalue weighted by Gasteiger charge is 2.38. The number of carboxylic acid groups (broad SMARTS) is 1. The number of nitrogens with one attached hydrogen (secondary N) is 1. The fourth-order valence-corrected chi connectivity index (χ4v) is 5.61. The number of carboxylic acids is 1. The summed E-state index contributed by atoms with van der Waals surface area (Å²) in [7, 11) is 0. The van der Waals surface area contributed by atoms with Gasteiger partial charge in [-0.05, 0) is 54.4 Å². The van der Waals surface area contributed by atoms with Crippen LogP contribution in [0.15, 0.2) is 48.5 Å². The minimum absolute atomic E-state index is 0.0409. The lowest BCUT2D eigenvalue weighted by Gasteiger charge is -2.38. The third-order valence-corrected chi connectivity index (χ3v) is 7.71. The van der Waals surface area contributed by atoms with Gasteiger partial charge in [0.05, 0.1) is 5.92 Å². The Morgan fingerprint density at radius 3 is 2.23 bits per heavy atom. The Hall–Kier alpha value is -3.35. The van der Waals surface area contributed by atoms with Gasteiger partial charge in [0.15, 0.2) is 0 Å². The summed E-state index contributed by atoms with van der Waals surface area (Å²) in [5.74, 6) is -0.978. The Kier molecular flexibility index (Phi) is 6.50. The van der Waals surface area contributed by atoms with Gasteiger partial charge in [-0.1, -0.05) is 61.4 Å². The zero-order chi connectivity index (χ0) is 24.5. The number of aliphatic carboxylic acids is 1. The number of fused-ring (bicyclic) bond motifs is 3. The molecule has 7 nitrogen and oxygen atoms in total. The molecule has 184 valence electrons. The molecule has 3 unspecified atom stereocenters. The number of alkyl carbamates (subject to hydrolysis) is 1. The molecule has 2 N–H and O–H groups in total. The smallest absolute Gasteiger partial charge is 0.407 e. The summed E-state index contributed by atoms with van der Waals surface area (Å²) in [6.45, 7) is 2.48. The fraction of sp³-hybridized carbons (Fsp3) is 0.464. The van der Waals surface area contributed by atoms with Gasteiger partial charge in [0.1, 0.15) is 12.6 Å². The summed E-state index contributed by atoms with van der Waals surface area (Å²) in [5, 5.41) is 12.2. The number of piperidine rings is 1. The zero-order valence-electron chi connectivity index (χ0n) is 20.0. The van der Waals surface area contributed by atoms with E-state index in [4.69, 9.17) is 4.74 Å². The van der Waals surface area contributed by atoms with Crippen molar-refractivity contribution >= 4 is 18.0 Å². The van der Waals surface area contributed by atoms with Crippen molar-refractivity contribution in [2.75, 3.05) is 13.2 Å². The third kappa shape index (κ3) is 4.90. The molecule has 0 aromatic heterocycles. The van der Waals surface area contributed by atoms with Crippen molar-refractivity contribution in [2.45, 2.75) is 57.0 Å². The maximum atomic E-state index is 13.4. The van der Waals surface area contributed by atoms with E-state index in [0.717, 1.165) is 35.1 Å². The second kappa shape index (κ2) is 9.72. The number of hydrogen-bond acceptors (Lipinski definition) is 4. The quantitative estimate of drug-likeness (QED) is 0.617. The first-order valence-electron chi connectivity index (χ1n) is 12.6. The molecule has 2 aromatic rings. The minimum atomic E-state index is -0.810. The highest BCUT2D eigenvalue weighted by Crippen LogP contribution is 2.44. The number of carbonyl (C=O) groups excluding carboxylic acids is 2. The largest absolute Gasteiger partial charge is 0.481 e. The van der Waals surface area contributed by atoms with Crippen molar-refractivity contribution in [3.8, 4) is 11.1 Å². The predicted octanol–water partition coefficient (Wildman–Crippen LogP) is 4.41. The van der Waals surface area contributed by atoms with Crippen molar-refractivity contribution in [3.05, 3.63) is 59.7 Å². The number of likely N-dealkylation sites (tertiary alicyclic amines) is 1. The highest BCUT2D eigenvalue weighted by molar-refractivity contribution is 5.86. The molecule has 1 aliphatic heterocycles. The van der Waals surface area contributed by atoms with E-state index < -0.39 is 24.0 Å². The van der Waals surface area contributed by atoms with Crippen LogP contribution < -0.4 is 5.32 Å². The molecule has 2 aromatic carbocycles.